The van der Waals surface area contributed by atoms with E-state index < -0.39 is 0 Å². The fraction of sp³-hybridized carbons (Fsp3) is 0.895. The van der Waals surface area contributed by atoms with Crippen LogP contribution in [0.3, 0.4) is 0 Å². The van der Waals surface area contributed by atoms with Crippen LogP contribution in [0.15, 0.2) is 0 Å². The Labute approximate surface area is 145 Å². The smallest absolute Gasteiger partial charge is 0.234 e. The molecule has 2 saturated heterocycles. The van der Waals surface area contributed by atoms with Gasteiger partial charge in [0.1, 0.15) is 0 Å². The van der Waals surface area contributed by atoms with E-state index in [1.807, 2.05) is 4.90 Å². The summed E-state index contributed by atoms with van der Waals surface area (Å²) in [5.74, 6) is 1.90. The van der Waals surface area contributed by atoms with Crippen LogP contribution in [0.5, 0.6) is 0 Å². The van der Waals surface area contributed by atoms with E-state index >= 15 is 0 Å². The Morgan fingerprint density at radius 3 is 2.21 bits per heavy atom. The maximum absolute atomic E-state index is 12.6. The molecule has 1 N–H and O–H groups in total. The van der Waals surface area contributed by atoms with Gasteiger partial charge in [-0.3, -0.25) is 14.5 Å². The van der Waals surface area contributed by atoms with Crippen molar-refractivity contribution >= 4 is 11.8 Å². The highest BCUT2D eigenvalue weighted by Crippen LogP contribution is 2.44. The number of nitrogens with one attached hydrogen (secondary N) is 1. The summed E-state index contributed by atoms with van der Waals surface area (Å²) in [6, 6.07) is 1.14. The number of carbonyl (C=O) groups is 2. The van der Waals surface area contributed by atoms with Crippen LogP contribution >= 0.6 is 0 Å². The second-order valence-corrected chi connectivity index (χ2v) is 8.37. The average Bonchev–Trinajstić information content (AvgIpc) is 3.46. The molecular weight excluding hydrogens is 302 g/mol. The zero-order valence-electron chi connectivity index (χ0n) is 14.9. The third-order valence-electron chi connectivity index (χ3n) is 6.50. The Hall–Kier alpha value is -1.10. The first-order chi connectivity index (χ1) is 11.6. The Balaban J connectivity index is 1.34. The lowest BCUT2D eigenvalue weighted by Crippen LogP contribution is -2.51. The molecule has 0 unspecified atom stereocenters. The normalized spacial score (nSPS) is 31.0. The highest BCUT2D eigenvalue weighted by molar-refractivity contribution is 5.78. The van der Waals surface area contributed by atoms with Gasteiger partial charge in [-0.1, -0.05) is 0 Å². The highest BCUT2D eigenvalue weighted by atomic mass is 16.2. The Bertz CT molecular complexity index is 489. The second kappa shape index (κ2) is 6.66. The molecule has 4 rings (SSSR count). The van der Waals surface area contributed by atoms with Gasteiger partial charge in [0.2, 0.25) is 11.8 Å². The first-order valence-corrected chi connectivity index (χ1v) is 9.94. The zero-order valence-corrected chi connectivity index (χ0v) is 14.9. The summed E-state index contributed by atoms with van der Waals surface area (Å²) >= 11 is 0. The van der Waals surface area contributed by atoms with Crippen molar-refractivity contribution in [3.8, 4) is 0 Å². The van der Waals surface area contributed by atoms with E-state index in [2.05, 4.69) is 10.2 Å². The minimum atomic E-state index is 0.191. The number of hydrogen-bond acceptors (Lipinski definition) is 3. The van der Waals surface area contributed by atoms with Gasteiger partial charge in [0.15, 0.2) is 0 Å². The second-order valence-electron chi connectivity index (χ2n) is 8.37. The molecule has 5 heteroatoms. The lowest BCUT2D eigenvalue weighted by Gasteiger charge is -2.34. The molecule has 2 aliphatic carbocycles. The number of nitrogens with zero attached hydrogens (tertiary/aromatic N) is 2. The van der Waals surface area contributed by atoms with Crippen molar-refractivity contribution in [3.05, 3.63) is 0 Å². The molecule has 0 spiro atoms. The molecule has 2 saturated carbocycles. The third kappa shape index (κ3) is 3.46. The van der Waals surface area contributed by atoms with Crippen molar-refractivity contribution in [3.63, 3.8) is 0 Å². The van der Waals surface area contributed by atoms with Gasteiger partial charge in [0, 0.05) is 31.6 Å². The minimum Gasteiger partial charge on any atom is -0.352 e. The maximum Gasteiger partial charge on any atom is 0.234 e. The summed E-state index contributed by atoms with van der Waals surface area (Å²) in [5, 5.41) is 3.35. The van der Waals surface area contributed by atoms with Crippen LogP contribution < -0.4 is 5.32 Å². The minimum absolute atomic E-state index is 0.191. The summed E-state index contributed by atoms with van der Waals surface area (Å²) < 4.78 is 0. The molecule has 0 bridgehead atoms. The number of amides is 2. The lowest BCUT2D eigenvalue weighted by molar-refractivity contribution is -0.130. The van der Waals surface area contributed by atoms with Crippen molar-refractivity contribution < 1.29 is 9.59 Å². The number of hydrogen-bond donors (Lipinski definition) is 1. The summed E-state index contributed by atoms with van der Waals surface area (Å²) in [5.41, 5.74) is 0. The van der Waals surface area contributed by atoms with E-state index in [0.717, 1.165) is 50.6 Å². The van der Waals surface area contributed by atoms with Crippen LogP contribution in [0.1, 0.15) is 58.3 Å². The molecule has 4 aliphatic rings. The summed E-state index contributed by atoms with van der Waals surface area (Å²) in [6.45, 7) is 4.09. The molecule has 2 aliphatic heterocycles. The van der Waals surface area contributed by atoms with E-state index in [9.17, 15) is 9.59 Å². The Kier molecular flexibility index (Phi) is 4.54. The van der Waals surface area contributed by atoms with Crippen LogP contribution in [0.4, 0.5) is 0 Å². The van der Waals surface area contributed by atoms with E-state index in [1.165, 1.54) is 25.7 Å². The average molecular weight is 333 g/mol. The predicted molar refractivity (Wildman–Crippen MR) is 92.4 cm³/mol. The van der Waals surface area contributed by atoms with Crippen LogP contribution in [0.25, 0.3) is 0 Å². The van der Waals surface area contributed by atoms with Gasteiger partial charge in [-0.15, -0.1) is 0 Å². The third-order valence-corrected chi connectivity index (χ3v) is 6.50. The largest absolute Gasteiger partial charge is 0.352 e. The summed E-state index contributed by atoms with van der Waals surface area (Å²) in [7, 11) is 0. The van der Waals surface area contributed by atoms with Gasteiger partial charge in [-0.25, -0.2) is 0 Å². The topological polar surface area (TPSA) is 52.7 Å². The number of likely N-dealkylation sites (tertiary alicyclic amines) is 2. The fourth-order valence-corrected chi connectivity index (χ4v) is 5.01. The van der Waals surface area contributed by atoms with Gasteiger partial charge in [-0.05, 0) is 69.7 Å². The zero-order chi connectivity index (χ0) is 16.7. The molecule has 4 fully saturated rings. The van der Waals surface area contributed by atoms with Crippen LogP contribution in [-0.4, -0.2) is 59.4 Å². The van der Waals surface area contributed by atoms with Gasteiger partial charge in [-0.2, -0.15) is 0 Å². The van der Waals surface area contributed by atoms with E-state index in [-0.39, 0.29) is 11.8 Å². The van der Waals surface area contributed by atoms with Gasteiger partial charge in [0.05, 0.1) is 6.54 Å². The van der Waals surface area contributed by atoms with Gasteiger partial charge < -0.3 is 10.2 Å². The van der Waals surface area contributed by atoms with Crippen LogP contribution in [0, 0.1) is 11.8 Å². The molecule has 0 radical (unpaired) electrons. The molecule has 24 heavy (non-hydrogen) atoms. The van der Waals surface area contributed by atoms with Gasteiger partial charge >= 0.3 is 0 Å². The van der Waals surface area contributed by atoms with Crippen molar-refractivity contribution in [2.24, 2.45) is 11.8 Å². The molecule has 2 atom stereocenters. The van der Waals surface area contributed by atoms with Crippen molar-refractivity contribution in [2.75, 3.05) is 19.6 Å². The van der Waals surface area contributed by atoms with E-state index in [0.29, 0.717) is 24.7 Å². The molecule has 2 amide bonds. The molecule has 0 aromatic heterocycles. The van der Waals surface area contributed by atoms with E-state index in [4.69, 9.17) is 0 Å². The maximum atomic E-state index is 12.6. The van der Waals surface area contributed by atoms with Gasteiger partial charge in [0.25, 0.3) is 0 Å². The first kappa shape index (κ1) is 16.4. The molecule has 0 aromatic rings. The quantitative estimate of drug-likeness (QED) is 0.806. The summed E-state index contributed by atoms with van der Waals surface area (Å²) in [4.78, 5) is 28.9. The Morgan fingerprint density at radius 2 is 1.58 bits per heavy atom. The first-order valence-electron chi connectivity index (χ1n) is 9.94. The molecule has 0 aromatic carbocycles. The standard InChI is InChI=1S/C19H31N3O2/c1-13(23)22-11-3-5-17(22)16-4-2-10-21(16)12-18(24)20-19(14-6-7-14)15-8-9-15/h14-17,19H,2-12H2,1H3,(H,20,24)/t16-,17-/m1/s1. The predicted octanol–water partition coefficient (Wildman–Crippen LogP) is 1.77. The van der Waals surface area contributed by atoms with Crippen molar-refractivity contribution in [1.29, 1.82) is 0 Å². The Morgan fingerprint density at radius 1 is 0.958 bits per heavy atom. The monoisotopic (exact) mass is 333 g/mol. The molecule has 2 heterocycles. The van der Waals surface area contributed by atoms with E-state index in [1.54, 1.807) is 6.92 Å². The van der Waals surface area contributed by atoms with Crippen molar-refractivity contribution in [1.82, 2.24) is 15.1 Å². The van der Waals surface area contributed by atoms with Crippen LogP contribution in [0.2, 0.25) is 0 Å². The highest BCUT2D eigenvalue weighted by Gasteiger charge is 2.43. The van der Waals surface area contributed by atoms with Crippen molar-refractivity contribution in [2.45, 2.75) is 76.4 Å². The lowest BCUT2D eigenvalue weighted by atomic mass is 10.0. The molecular formula is C19H31N3O2. The number of carbonyl (C=O) groups excluding carboxylic acids is 2. The SMILES string of the molecule is CC(=O)N1CCC[C@@H]1[C@H]1CCCN1CC(=O)NC(C1CC1)C1CC1. The van der Waals surface area contributed by atoms with Crippen LogP contribution in [-0.2, 0) is 9.59 Å². The molecule has 5 nitrogen and oxygen atoms in total. The molecule has 134 valence electrons. The fourth-order valence-electron chi connectivity index (χ4n) is 5.01. The summed E-state index contributed by atoms with van der Waals surface area (Å²) in [6.07, 6.45) is 9.65. The number of rotatable bonds is 6.